The molecule has 0 amide bonds. The number of aromatic nitrogens is 1. The zero-order valence-corrected chi connectivity index (χ0v) is 9.46. The quantitative estimate of drug-likeness (QED) is 0.808. The van der Waals surface area contributed by atoms with Crippen molar-refractivity contribution in [3.05, 3.63) is 23.0 Å². The summed E-state index contributed by atoms with van der Waals surface area (Å²) >= 11 is 5.87. The monoisotopic (exact) mass is 216 g/mol. The van der Waals surface area contributed by atoms with Crippen LogP contribution < -0.4 is 0 Å². The maximum absolute atomic E-state index is 8.69. The van der Waals surface area contributed by atoms with E-state index in [1.807, 2.05) is 30.9 Å². The van der Waals surface area contributed by atoms with E-state index in [-0.39, 0.29) is 6.61 Å². The lowest BCUT2D eigenvalue weighted by Gasteiger charge is -2.16. The lowest BCUT2D eigenvalue weighted by molar-refractivity contribution is 0.242. The first-order chi connectivity index (χ1) is 6.63. The molecule has 80 valence electrons. The first-order valence-electron chi connectivity index (χ1n) is 4.73. The Balaban J connectivity index is 2.47. The lowest BCUT2D eigenvalue weighted by Crippen LogP contribution is -2.21. The van der Waals surface area contributed by atoms with Gasteiger partial charge >= 0.3 is 0 Å². The molecule has 0 saturated heterocycles. The van der Waals surface area contributed by atoms with Crippen molar-refractivity contribution >= 4 is 11.6 Å². The Bertz CT molecular complexity index is 286. The fourth-order valence-corrected chi connectivity index (χ4v) is 1.69. The summed E-state index contributed by atoms with van der Waals surface area (Å²) in [4.78, 5) is 2.17. The zero-order chi connectivity index (χ0) is 10.6. The van der Waals surface area contributed by atoms with E-state index >= 15 is 0 Å². The van der Waals surface area contributed by atoms with E-state index in [0.717, 1.165) is 24.5 Å². The molecule has 0 aliphatic heterocycles. The average molecular weight is 217 g/mol. The van der Waals surface area contributed by atoms with Crippen molar-refractivity contribution < 1.29 is 5.11 Å². The molecule has 1 N–H and O–H groups in total. The number of nitrogens with zero attached hydrogens (tertiary/aromatic N) is 2. The first kappa shape index (κ1) is 11.6. The average Bonchev–Trinajstić information content (AvgIpc) is 2.42. The Kier molecular flexibility index (Phi) is 4.45. The van der Waals surface area contributed by atoms with E-state index in [0.29, 0.717) is 0 Å². The number of halogens is 1. The van der Waals surface area contributed by atoms with Gasteiger partial charge in [0.25, 0.3) is 0 Å². The van der Waals surface area contributed by atoms with E-state index in [4.69, 9.17) is 16.7 Å². The number of aliphatic hydroxyl groups excluding tert-OH is 1. The van der Waals surface area contributed by atoms with Crippen molar-refractivity contribution in [3.8, 4) is 0 Å². The summed E-state index contributed by atoms with van der Waals surface area (Å²) in [7, 11) is 4.03. The van der Waals surface area contributed by atoms with Crippen molar-refractivity contribution in [1.29, 1.82) is 0 Å². The standard InChI is InChI=1S/C10H17ClN2O/c1-12(4-3-5-14)8-10-6-9(11)7-13(10)2/h6-7,14H,3-5,8H2,1-2H3. The molecule has 0 fully saturated rings. The van der Waals surface area contributed by atoms with Gasteiger partial charge in [0, 0.05) is 38.6 Å². The van der Waals surface area contributed by atoms with Crippen LogP contribution in [-0.4, -0.2) is 34.8 Å². The van der Waals surface area contributed by atoms with E-state index in [1.54, 1.807) is 0 Å². The number of hydrogen-bond donors (Lipinski definition) is 1. The fourth-order valence-electron chi connectivity index (χ4n) is 1.42. The molecule has 0 aliphatic carbocycles. The van der Waals surface area contributed by atoms with Crippen molar-refractivity contribution in [2.45, 2.75) is 13.0 Å². The van der Waals surface area contributed by atoms with Gasteiger partial charge in [0.1, 0.15) is 0 Å². The zero-order valence-electron chi connectivity index (χ0n) is 8.70. The van der Waals surface area contributed by atoms with Crippen LogP contribution in [-0.2, 0) is 13.6 Å². The second kappa shape index (κ2) is 5.39. The van der Waals surface area contributed by atoms with Gasteiger partial charge in [-0.05, 0) is 19.5 Å². The van der Waals surface area contributed by atoms with Crippen molar-refractivity contribution in [2.75, 3.05) is 20.2 Å². The van der Waals surface area contributed by atoms with Crippen LogP contribution in [0.15, 0.2) is 12.3 Å². The largest absolute Gasteiger partial charge is 0.396 e. The second-order valence-corrected chi connectivity index (χ2v) is 4.01. The maximum atomic E-state index is 8.69. The predicted molar refractivity (Wildman–Crippen MR) is 58.5 cm³/mol. The first-order valence-corrected chi connectivity index (χ1v) is 5.11. The van der Waals surface area contributed by atoms with Gasteiger partial charge in [-0.25, -0.2) is 0 Å². The summed E-state index contributed by atoms with van der Waals surface area (Å²) in [5.74, 6) is 0. The molecule has 0 spiro atoms. The minimum atomic E-state index is 0.248. The normalized spacial score (nSPS) is 11.2. The summed E-state index contributed by atoms with van der Waals surface area (Å²) in [5, 5.41) is 9.46. The second-order valence-electron chi connectivity index (χ2n) is 3.58. The molecule has 14 heavy (non-hydrogen) atoms. The molecule has 0 unspecified atom stereocenters. The van der Waals surface area contributed by atoms with Gasteiger partial charge in [-0.15, -0.1) is 0 Å². The van der Waals surface area contributed by atoms with Gasteiger partial charge in [0.2, 0.25) is 0 Å². The van der Waals surface area contributed by atoms with Crippen LogP contribution in [0.5, 0.6) is 0 Å². The Morgan fingerprint density at radius 3 is 2.79 bits per heavy atom. The molecule has 1 heterocycles. The van der Waals surface area contributed by atoms with E-state index in [9.17, 15) is 0 Å². The third kappa shape index (κ3) is 3.33. The molecule has 4 heteroatoms. The molecule has 0 radical (unpaired) electrons. The summed E-state index contributed by atoms with van der Waals surface area (Å²) in [6.45, 7) is 2.01. The van der Waals surface area contributed by atoms with Crippen LogP contribution in [0.4, 0.5) is 0 Å². The van der Waals surface area contributed by atoms with Gasteiger partial charge in [-0.2, -0.15) is 0 Å². The number of rotatable bonds is 5. The Morgan fingerprint density at radius 2 is 2.29 bits per heavy atom. The Hall–Kier alpha value is -0.510. The molecule has 0 aromatic carbocycles. The topological polar surface area (TPSA) is 28.4 Å². The van der Waals surface area contributed by atoms with Crippen LogP contribution >= 0.6 is 11.6 Å². The summed E-state index contributed by atoms with van der Waals surface area (Å²) in [6, 6.07) is 1.97. The third-order valence-corrected chi connectivity index (χ3v) is 2.41. The summed E-state index contributed by atoms with van der Waals surface area (Å²) < 4.78 is 2.03. The van der Waals surface area contributed by atoms with Gasteiger partial charge < -0.3 is 14.6 Å². The van der Waals surface area contributed by atoms with Crippen molar-refractivity contribution in [2.24, 2.45) is 7.05 Å². The summed E-state index contributed by atoms with van der Waals surface area (Å²) in [6.07, 6.45) is 2.71. The van der Waals surface area contributed by atoms with Crippen LogP contribution in [0, 0.1) is 0 Å². The maximum Gasteiger partial charge on any atom is 0.0585 e. The van der Waals surface area contributed by atoms with Crippen LogP contribution in [0.25, 0.3) is 0 Å². The molecular formula is C10H17ClN2O. The minimum absolute atomic E-state index is 0.248. The highest BCUT2D eigenvalue weighted by Gasteiger charge is 2.04. The van der Waals surface area contributed by atoms with Gasteiger partial charge in [-0.1, -0.05) is 11.6 Å². The number of aliphatic hydroxyl groups is 1. The molecule has 3 nitrogen and oxygen atoms in total. The number of aryl methyl sites for hydroxylation is 1. The highest BCUT2D eigenvalue weighted by Crippen LogP contribution is 2.13. The highest BCUT2D eigenvalue weighted by atomic mass is 35.5. The van der Waals surface area contributed by atoms with Crippen molar-refractivity contribution in [1.82, 2.24) is 9.47 Å². The van der Waals surface area contributed by atoms with E-state index in [2.05, 4.69) is 4.90 Å². The van der Waals surface area contributed by atoms with E-state index < -0.39 is 0 Å². The fraction of sp³-hybridized carbons (Fsp3) is 0.600. The molecule has 1 aromatic rings. The van der Waals surface area contributed by atoms with E-state index in [1.165, 1.54) is 5.69 Å². The smallest absolute Gasteiger partial charge is 0.0585 e. The van der Waals surface area contributed by atoms with Crippen LogP contribution in [0.3, 0.4) is 0 Å². The predicted octanol–water partition coefficient (Wildman–Crippen LogP) is 1.49. The number of hydrogen-bond acceptors (Lipinski definition) is 2. The van der Waals surface area contributed by atoms with Crippen LogP contribution in [0.2, 0.25) is 5.02 Å². The highest BCUT2D eigenvalue weighted by molar-refractivity contribution is 6.30. The van der Waals surface area contributed by atoms with Gasteiger partial charge in [-0.3, -0.25) is 0 Å². The molecule has 1 rings (SSSR count). The Labute approximate surface area is 89.9 Å². The van der Waals surface area contributed by atoms with Crippen molar-refractivity contribution in [3.63, 3.8) is 0 Å². The minimum Gasteiger partial charge on any atom is -0.396 e. The SMILES string of the molecule is CN(CCCO)Cc1cc(Cl)cn1C. The molecule has 0 atom stereocenters. The molecule has 0 aliphatic rings. The third-order valence-electron chi connectivity index (χ3n) is 2.20. The lowest BCUT2D eigenvalue weighted by atomic mass is 10.3. The van der Waals surface area contributed by atoms with Crippen LogP contribution in [0.1, 0.15) is 12.1 Å². The molecular weight excluding hydrogens is 200 g/mol. The van der Waals surface area contributed by atoms with Gasteiger partial charge in [0.05, 0.1) is 5.02 Å². The molecule has 1 aromatic heterocycles. The summed E-state index contributed by atoms with van der Waals surface area (Å²) in [5.41, 5.74) is 1.19. The van der Waals surface area contributed by atoms with Gasteiger partial charge in [0.15, 0.2) is 0 Å². The molecule has 0 bridgehead atoms. The molecule has 0 saturated carbocycles. The Morgan fingerprint density at radius 1 is 1.57 bits per heavy atom.